The Morgan fingerprint density at radius 1 is 1.73 bits per heavy atom. The Morgan fingerprint density at radius 2 is 2.55 bits per heavy atom. The molecule has 0 unspecified atom stereocenters. The van der Waals surface area contributed by atoms with Gasteiger partial charge in [-0.25, -0.2) is 4.98 Å². The maximum Gasteiger partial charge on any atom is 0.182 e. The minimum atomic E-state index is 0.176. The van der Waals surface area contributed by atoms with Crippen molar-refractivity contribution in [3.8, 4) is 0 Å². The van der Waals surface area contributed by atoms with E-state index in [0.29, 0.717) is 6.42 Å². The second-order valence-corrected chi connectivity index (χ2v) is 3.01. The largest absolute Gasteiger partial charge is 0.396 e. The van der Waals surface area contributed by atoms with E-state index >= 15 is 0 Å². The van der Waals surface area contributed by atoms with Crippen molar-refractivity contribution in [1.82, 2.24) is 4.98 Å². The molecule has 0 aromatic carbocycles. The van der Waals surface area contributed by atoms with Gasteiger partial charge in [0, 0.05) is 25.0 Å². The molecule has 0 aliphatic carbocycles. The van der Waals surface area contributed by atoms with E-state index < -0.39 is 0 Å². The minimum Gasteiger partial charge on any atom is -0.396 e. The van der Waals surface area contributed by atoms with Gasteiger partial charge in [0.15, 0.2) is 5.13 Å². The standard InChI is InChI=1S/C7H12N2OS/c1-2-8-7-9-6(3-4-10)5-11-7/h5,10H,2-4H2,1H3,(H,8,9). The van der Waals surface area contributed by atoms with E-state index in [-0.39, 0.29) is 6.61 Å². The number of rotatable bonds is 4. The molecule has 0 amide bonds. The van der Waals surface area contributed by atoms with Crippen LogP contribution in [0.2, 0.25) is 0 Å². The van der Waals surface area contributed by atoms with E-state index in [0.717, 1.165) is 17.4 Å². The lowest BCUT2D eigenvalue weighted by Crippen LogP contribution is -1.96. The van der Waals surface area contributed by atoms with Crippen LogP contribution in [0.1, 0.15) is 12.6 Å². The lowest BCUT2D eigenvalue weighted by Gasteiger charge is -1.93. The molecule has 0 atom stereocenters. The molecule has 0 radical (unpaired) electrons. The van der Waals surface area contributed by atoms with E-state index in [1.807, 2.05) is 12.3 Å². The SMILES string of the molecule is CCNc1nc(CCO)cs1. The maximum absolute atomic E-state index is 8.60. The molecular formula is C7H12N2OS. The van der Waals surface area contributed by atoms with Gasteiger partial charge in [-0.2, -0.15) is 0 Å². The van der Waals surface area contributed by atoms with E-state index in [1.54, 1.807) is 11.3 Å². The fraction of sp³-hybridized carbons (Fsp3) is 0.571. The summed E-state index contributed by atoms with van der Waals surface area (Å²) in [7, 11) is 0. The zero-order valence-electron chi connectivity index (χ0n) is 6.50. The molecule has 0 bridgehead atoms. The quantitative estimate of drug-likeness (QED) is 0.715. The smallest absolute Gasteiger partial charge is 0.182 e. The second-order valence-electron chi connectivity index (χ2n) is 2.15. The van der Waals surface area contributed by atoms with Gasteiger partial charge in [-0.1, -0.05) is 0 Å². The predicted octanol–water partition coefficient (Wildman–Crippen LogP) is 1.11. The van der Waals surface area contributed by atoms with Crippen LogP contribution in [0.25, 0.3) is 0 Å². The first kappa shape index (κ1) is 8.49. The van der Waals surface area contributed by atoms with Crippen LogP contribution < -0.4 is 5.32 Å². The Labute approximate surface area is 70.1 Å². The van der Waals surface area contributed by atoms with E-state index in [4.69, 9.17) is 5.11 Å². The molecule has 1 aromatic rings. The van der Waals surface area contributed by atoms with Gasteiger partial charge < -0.3 is 10.4 Å². The topological polar surface area (TPSA) is 45.2 Å². The zero-order chi connectivity index (χ0) is 8.10. The fourth-order valence-electron chi connectivity index (χ4n) is 0.769. The number of thiazole rings is 1. The monoisotopic (exact) mass is 172 g/mol. The Balaban J connectivity index is 2.51. The van der Waals surface area contributed by atoms with Crippen molar-refractivity contribution in [1.29, 1.82) is 0 Å². The highest BCUT2D eigenvalue weighted by Gasteiger charge is 1.98. The molecule has 1 rings (SSSR count). The summed E-state index contributed by atoms with van der Waals surface area (Å²) in [6, 6.07) is 0. The van der Waals surface area contributed by atoms with E-state index in [2.05, 4.69) is 10.3 Å². The van der Waals surface area contributed by atoms with Gasteiger partial charge >= 0.3 is 0 Å². The van der Waals surface area contributed by atoms with Crippen molar-refractivity contribution in [3.05, 3.63) is 11.1 Å². The van der Waals surface area contributed by atoms with Crippen LogP contribution in [0.15, 0.2) is 5.38 Å². The van der Waals surface area contributed by atoms with Crippen molar-refractivity contribution in [3.63, 3.8) is 0 Å². The molecular weight excluding hydrogens is 160 g/mol. The molecule has 11 heavy (non-hydrogen) atoms. The molecule has 1 aromatic heterocycles. The van der Waals surface area contributed by atoms with Gasteiger partial charge in [0.1, 0.15) is 0 Å². The van der Waals surface area contributed by atoms with Crippen LogP contribution in [-0.2, 0) is 6.42 Å². The van der Waals surface area contributed by atoms with E-state index in [9.17, 15) is 0 Å². The summed E-state index contributed by atoms with van der Waals surface area (Å²) in [5, 5.41) is 14.6. The first-order valence-electron chi connectivity index (χ1n) is 3.66. The number of hydrogen-bond donors (Lipinski definition) is 2. The molecule has 0 spiro atoms. The van der Waals surface area contributed by atoms with Crippen LogP contribution in [0.5, 0.6) is 0 Å². The average molecular weight is 172 g/mol. The molecule has 0 saturated heterocycles. The normalized spacial score (nSPS) is 10.0. The highest BCUT2D eigenvalue weighted by atomic mass is 32.1. The molecule has 4 heteroatoms. The average Bonchev–Trinajstić information content (AvgIpc) is 2.38. The third kappa shape index (κ3) is 2.48. The van der Waals surface area contributed by atoms with Crippen molar-refractivity contribution in [2.45, 2.75) is 13.3 Å². The van der Waals surface area contributed by atoms with Crippen molar-refractivity contribution in [2.24, 2.45) is 0 Å². The summed E-state index contributed by atoms with van der Waals surface area (Å²) in [5.74, 6) is 0. The number of hydrogen-bond acceptors (Lipinski definition) is 4. The van der Waals surface area contributed by atoms with E-state index in [1.165, 1.54) is 0 Å². The Kier molecular flexibility index (Phi) is 3.32. The third-order valence-corrected chi connectivity index (χ3v) is 2.10. The van der Waals surface area contributed by atoms with Gasteiger partial charge in [0.25, 0.3) is 0 Å². The van der Waals surface area contributed by atoms with Gasteiger partial charge in [-0.05, 0) is 6.92 Å². The number of aliphatic hydroxyl groups excluding tert-OH is 1. The molecule has 1 heterocycles. The second kappa shape index (κ2) is 4.31. The van der Waals surface area contributed by atoms with Crippen LogP contribution in [0.4, 0.5) is 5.13 Å². The molecule has 0 aliphatic heterocycles. The lowest BCUT2D eigenvalue weighted by atomic mass is 10.4. The molecule has 2 N–H and O–H groups in total. The highest BCUT2D eigenvalue weighted by Crippen LogP contribution is 2.14. The minimum absolute atomic E-state index is 0.176. The summed E-state index contributed by atoms with van der Waals surface area (Å²) in [5.41, 5.74) is 0.966. The van der Waals surface area contributed by atoms with Gasteiger partial charge in [-0.3, -0.25) is 0 Å². The van der Waals surface area contributed by atoms with Crippen LogP contribution in [0.3, 0.4) is 0 Å². The Hall–Kier alpha value is -0.610. The zero-order valence-corrected chi connectivity index (χ0v) is 7.32. The van der Waals surface area contributed by atoms with Crippen molar-refractivity contribution < 1.29 is 5.11 Å². The molecule has 0 fully saturated rings. The Bertz CT molecular complexity index is 191. The maximum atomic E-state index is 8.60. The number of nitrogens with one attached hydrogen (secondary N) is 1. The van der Waals surface area contributed by atoms with Crippen molar-refractivity contribution >= 4 is 16.5 Å². The number of nitrogens with zero attached hydrogens (tertiary/aromatic N) is 1. The summed E-state index contributed by atoms with van der Waals surface area (Å²) in [6.45, 7) is 3.11. The first-order chi connectivity index (χ1) is 5.36. The van der Waals surface area contributed by atoms with Gasteiger partial charge in [0.2, 0.25) is 0 Å². The summed E-state index contributed by atoms with van der Waals surface area (Å²) >= 11 is 1.58. The summed E-state index contributed by atoms with van der Waals surface area (Å²) in [4.78, 5) is 4.24. The summed E-state index contributed by atoms with van der Waals surface area (Å²) in [6.07, 6.45) is 0.655. The number of anilines is 1. The first-order valence-corrected chi connectivity index (χ1v) is 4.54. The van der Waals surface area contributed by atoms with Crippen LogP contribution in [-0.4, -0.2) is 23.2 Å². The predicted molar refractivity (Wildman–Crippen MR) is 47.1 cm³/mol. The fourth-order valence-corrected chi connectivity index (χ4v) is 1.58. The molecule has 0 saturated carbocycles. The van der Waals surface area contributed by atoms with Crippen LogP contribution in [0, 0.1) is 0 Å². The highest BCUT2D eigenvalue weighted by molar-refractivity contribution is 7.13. The third-order valence-electron chi connectivity index (χ3n) is 1.25. The van der Waals surface area contributed by atoms with Gasteiger partial charge in [0.05, 0.1) is 5.69 Å². The molecule has 3 nitrogen and oxygen atoms in total. The van der Waals surface area contributed by atoms with Crippen LogP contribution >= 0.6 is 11.3 Å². The summed E-state index contributed by atoms with van der Waals surface area (Å²) < 4.78 is 0. The van der Waals surface area contributed by atoms with Crippen molar-refractivity contribution in [2.75, 3.05) is 18.5 Å². The number of aromatic nitrogens is 1. The van der Waals surface area contributed by atoms with Gasteiger partial charge in [-0.15, -0.1) is 11.3 Å². The lowest BCUT2D eigenvalue weighted by molar-refractivity contribution is 0.298. The molecule has 62 valence electrons. The Morgan fingerprint density at radius 3 is 3.18 bits per heavy atom. The molecule has 0 aliphatic rings. The number of aliphatic hydroxyl groups is 1.